The van der Waals surface area contributed by atoms with Gasteiger partial charge in [-0.25, -0.2) is 0 Å². The van der Waals surface area contributed by atoms with Crippen LogP contribution in [0, 0.1) is 0 Å². The first kappa shape index (κ1) is 9.73. The van der Waals surface area contributed by atoms with Gasteiger partial charge < -0.3 is 16.4 Å². The Morgan fingerprint density at radius 2 is 2.46 bits per heavy atom. The molecular formula is C8H12N4S. The number of rotatable bonds is 2. The number of nitrogens with zero attached hydrogens (tertiary/aromatic N) is 1. The van der Waals surface area contributed by atoms with Gasteiger partial charge in [0.1, 0.15) is 0 Å². The molecule has 0 amide bonds. The van der Waals surface area contributed by atoms with Crippen molar-refractivity contribution in [2.45, 2.75) is 6.92 Å². The first-order valence-electron chi connectivity index (χ1n) is 3.98. The van der Waals surface area contributed by atoms with Crippen molar-refractivity contribution >= 4 is 28.7 Å². The molecule has 0 atom stereocenters. The van der Waals surface area contributed by atoms with Gasteiger partial charge in [-0.3, -0.25) is 4.98 Å². The third kappa shape index (κ3) is 2.87. The van der Waals surface area contributed by atoms with Gasteiger partial charge in [-0.2, -0.15) is 0 Å². The smallest absolute Gasteiger partial charge is 0.170 e. The fourth-order valence-corrected chi connectivity index (χ4v) is 1.09. The van der Waals surface area contributed by atoms with E-state index in [0.717, 1.165) is 12.2 Å². The molecule has 0 fully saturated rings. The number of thiocarbonyl (C=S) groups is 1. The lowest BCUT2D eigenvalue weighted by Gasteiger charge is -2.09. The molecule has 0 unspecified atom stereocenters. The molecule has 0 aliphatic carbocycles. The van der Waals surface area contributed by atoms with E-state index >= 15 is 0 Å². The number of nitrogens with two attached hydrogens (primary N) is 1. The second-order valence-corrected chi connectivity index (χ2v) is 2.86. The monoisotopic (exact) mass is 196 g/mol. The largest absolute Gasteiger partial charge is 0.397 e. The molecule has 0 radical (unpaired) electrons. The van der Waals surface area contributed by atoms with Crippen LogP contribution in [0.5, 0.6) is 0 Å². The molecule has 70 valence electrons. The Balaban J connectivity index is 2.63. The normalized spacial score (nSPS) is 9.31. The molecule has 0 aliphatic heterocycles. The topological polar surface area (TPSA) is 63.0 Å². The number of hydrogen-bond donors (Lipinski definition) is 3. The summed E-state index contributed by atoms with van der Waals surface area (Å²) in [5.41, 5.74) is 7.04. The molecule has 1 aromatic heterocycles. The molecule has 0 spiro atoms. The average molecular weight is 196 g/mol. The van der Waals surface area contributed by atoms with Gasteiger partial charge in [0.15, 0.2) is 5.11 Å². The highest BCUT2D eigenvalue weighted by atomic mass is 32.1. The van der Waals surface area contributed by atoms with Crippen LogP contribution in [-0.2, 0) is 0 Å². The number of aromatic nitrogens is 1. The van der Waals surface area contributed by atoms with Crippen LogP contribution in [0.1, 0.15) is 6.92 Å². The molecule has 0 bridgehead atoms. The van der Waals surface area contributed by atoms with Crippen molar-refractivity contribution in [3.05, 3.63) is 18.5 Å². The van der Waals surface area contributed by atoms with E-state index in [4.69, 9.17) is 18.0 Å². The van der Waals surface area contributed by atoms with Crippen LogP contribution < -0.4 is 16.4 Å². The molecule has 0 saturated carbocycles. The molecule has 4 nitrogen and oxygen atoms in total. The Kier molecular flexibility index (Phi) is 3.45. The van der Waals surface area contributed by atoms with Crippen molar-refractivity contribution in [1.29, 1.82) is 0 Å². The third-order valence-electron chi connectivity index (χ3n) is 1.44. The SMILES string of the molecule is CCNC(=S)Nc1cnccc1N. The van der Waals surface area contributed by atoms with Crippen LogP contribution in [0.2, 0.25) is 0 Å². The van der Waals surface area contributed by atoms with Gasteiger partial charge >= 0.3 is 0 Å². The fraction of sp³-hybridized carbons (Fsp3) is 0.250. The summed E-state index contributed by atoms with van der Waals surface area (Å²) in [6, 6.07) is 1.72. The van der Waals surface area contributed by atoms with Crippen molar-refractivity contribution in [2.75, 3.05) is 17.6 Å². The Morgan fingerprint density at radius 3 is 3.08 bits per heavy atom. The highest BCUT2D eigenvalue weighted by Gasteiger charge is 1.99. The maximum Gasteiger partial charge on any atom is 0.170 e. The molecule has 4 N–H and O–H groups in total. The quantitative estimate of drug-likeness (QED) is 0.615. The highest BCUT2D eigenvalue weighted by molar-refractivity contribution is 7.80. The van der Waals surface area contributed by atoms with Crippen LogP contribution in [0.3, 0.4) is 0 Å². The van der Waals surface area contributed by atoms with E-state index in [1.165, 1.54) is 0 Å². The van der Waals surface area contributed by atoms with Gasteiger partial charge in [-0.15, -0.1) is 0 Å². The molecule has 1 rings (SSSR count). The molecule has 0 aromatic carbocycles. The molecule has 1 heterocycles. The van der Waals surface area contributed by atoms with Crippen LogP contribution in [-0.4, -0.2) is 16.6 Å². The molecular weight excluding hydrogens is 184 g/mol. The number of nitrogen functional groups attached to an aromatic ring is 1. The summed E-state index contributed by atoms with van der Waals surface area (Å²) < 4.78 is 0. The van der Waals surface area contributed by atoms with Gasteiger partial charge in [-0.05, 0) is 25.2 Å². The first-order valence-corrected chi connectivity index (χ1v) is 4.39. The lowest BCUT2D eigenvalue weighted by atomic mass is 10.3. The zero-order valence-electron chi connectivity index (χ0n) is 7.37. The summed E-state index contributed by atoms with van der Waals surface area (Å²) in [5, 5.41) is 6.46. The fourth-order valence-electron chi connectivity index (χ4n) is 0.837. The minimum atomic E-state index is 0.558. The minimum Gasteiger partial charge on any atom is -0.397 e. The summed E-state index contributed by atoms with van der Waals surface area (Å²) in [6.45, 7) is 2.76. The lowest BCUT2D eigenvalue weighted by Crippen LogP contribution is -2.28. The van der Waals surface area contributed by atoms with E-state index < -0.39 is 0 Å². The van der Waals surface area contributed by atoms with Crippen molar-refractivity contribution in [1.82, 2.24) is 10.3 Å². The standard InChI is InChI=1S/C8H12N4S/c1-2-11-8(13)12-7-5-10-4-3-6(7)9/h3-5H,2H2,1H3,(H2,9,10)(H2,11,12,13). The molecule has 5 heteroatoms. The zero-order chi connectivity index (χ0) is 9.68. The van der Waals surface area contributed by atoms with Gasteiger partial charge in [0.05, 0.1) is 17.6 Å². The summed E-state index contributed by atoms with van der Waals surface area (Å²) in [6.07, 6.45) is 3.27. The van der Waals surface area contributed by atoms with Gasteiger partial charge in [-0.1, -0.05) is 0 Å². The predicted octanol–water partition coefficient (Wildman–Crippen LogP) is 0.970. The van der Waals surface area contributed by atoms with Crippen molar-refractivity contribution in [3.8, 4) is 0 Å². The number of anilines is 2. The molecule has 1 aromatic rings. The zero-order valence-corrected chi connectivity index (χ0v) is 8.19. The summed E-state index contributed by atoms with van der Waals surface area (Å²) in [5.74, 6) is 0. The molecule has 0 aliphatic rings. The Bertz CT molecular complexity index is 300. The van der Waals surface area contributed by atoms with E-state index in [-0.39, 0.29) is 0 Å². The number of nitrogens with one attached hydrogen (secondary N) is 2. The van der Waals surface area contributed by atoms with E-state index in [9.17, 15) is 0 Å². The highest BCUT2D eigenvalue weighted by Crippen LogP contribution is 2.14. The summed E-state index contributed by atoms with van der Waals surface area (Å²) in [7, 11) is 0. The van der Waals surface area contributed by atoms with Crippen LogP contribution >= 0.6 is 12.2 Å². The van der Waals surface area contributed by atoms with E-state index in [0.29, 0.717) is 10.8 Å². The summed E-state index contributed by atoms with van der Waals surface area (Å²) >= 11 is 4.99. The second-order valence-electron chi connectivity index (χ2n) is 2.45. The van der Waals surface area contributed by atoms with E-state index in [2.05, 4.69) is 15.6 Å². The maximum atomic E-state index is 5.68. The van der Waals surface area contributed by atoms with Crippen molar-refractivity contribution in [2.24, 2.45) is 0 Å². The molecule has 0 saturated heterocycles. The van der Waals surface area contributed by atoms with E-state index in [1.54, 1.807) is 18.5 Å². The summed E-state index contributed by atoms with van der Waals surface area (Å²) in [4.78, 5) is 3.93. The Morgan fingerprint density at radius 1 is 1.69 bits per heavy atom. The Labute approximate surface area is 82.5 Å². The second kappa shape index (κ2) is 4.61. The maximum absolute atomic E-state index is 5.68. The van der Waals surface area contributed by atoms with Gasteiger partial charge in [0, 0.05) is 12.7 Å². The van der Waals surface area contributed by atoms with Crippen molar-refractivity contribution in [3.63, 3.8) is 0 Å². The van der Waals surface area contributed by atoms with Crippen molar-refractivity contribution < 1.29 is 0 Å². The lowest BCUT2D eigenvalue weighted by molar-refractivity contribution is 0.979. The third-order valence-corrected chi connectivity index (χ3v) is 1.69. The number of hydrogen-bond acceptors (Lipinski definition) is 3. The molecule has 13 heavy (non-hydrogen) atoms. The predicted molar refractivity (Wildman–Crippen MR) is 58.5 cm³/mol. The van der Waals surface area contributed by atoms with Crippen LogP contribution in [0.15, 0.2) is 18.5 Å². The van der Waals surface area contributed by atoms with E-state index in [1.807, 2.05) is 6.92 Å². The van der Waals surface area contributed by atoms with Crippen LogP contribution in [0.4, 0.5) is 11.4 Å². The van der Waals surface area contributed by atoms with Gasteiger partial charge in [0.25, 0.3) is 0 Å². The average Bonchev–Trinajstić information content (AvgIpc) is 2.09. The number of pyridine rings is 1. The van der Waals surface area contributed by atoms with Crippen LogP contribution in [0.25, 0.3) is 0 Å². The minimum absolute atomic E-state index is 0.558. The van der Waals surface area contributed by atoms with Gasteiger partial charge in [0.2, 0.25) is 0 Å². The Hall–Kier alpha value is -1.36. The first-order chi connectivity index (χ1) is 6.24.